The maximum Gasteiger partial charge on any atom is 0.181 e. The number of hydrogen-bond acceptors (Lipinski definition) is 6. The first-order valence-electron chi connectivity index (χ1n) is 13.1. The standard InChI is InChI=1S/C29H32N8/c1-4-18(2)19(3)33-22-10-20(13-30-15-22)21-11-24-28(35-36-29(24)32-14-21)25-12-23-26(34-25)16-31-17-27(23)37-8-6-5-7-9-37/h10-18,33-34H,3-9H2,1-2H3,(H,32,35,36). The fraction of sp³-hybridized carbons (Fsp3) is 0.310. The number of anilines is 2. The minimum Gasteiger partial charge on any atom is -0.370 e. The molecule has 6 heterocycles. The molecule has 0 bridgehead atoms. The van der Waals surface area contributed by atoms with Crippen molar-refractivity contribution in [1.29, 1.82) is 0 Å². The van der Waals surface area contributed by atoms with E-state index in [0.717, 1.165) is 64.3 Å². The number of fused-ring (bicyclic) bond motifs is 2. The second kappa shape index (κ2) is 9.69. The van der Waals surface area contributed by atoms with Gasteiger partial charge in [0.15, 0.2) is 5.65 Å². The number of nitrogens with one attached hydrogen (secondary N) is 3. The van der Waals surface area contributed by atoms with Gasteiger partial charge >= 0.3 is 0 Å². The monoisotopic (exact) mass is 492 g/mol. The Morgan fingerprint density at radius 1 is 1.00 bits per heavy atom. The molecule has 1 atom stereocenters. The number of pyridine rings is 3. The van der Waals surface area contributed by atoms with Crippen molar-refractivity contribution < 1.29 is 0 Å². The number of nitrogens with zero attached hydrogens (tertiary/aromatic N) is 5. The minimum absolute atomic E-state index is 0.386. The van der Waals surface area contributed by atoms with Crippen molar-refractivity contribution in [2.75, 3.05) is 23.3 Å². The lowest BCUT2D eigenvalue weighted by molar-refractivity contribution is 0.578. The molecule has 0 amide bonds. The lowest BCUT2D eigenvalue weighted by atomic mass is 10.0. The quantitative estimate of drug-likeness (QED) is 0.239. The Morgan fingerprint density at radius 2 is 1.81 bits per heavy atom. The van der Waals surface area contributed by atoms with Crippen LogP contribution in [0.15, 0.2) is 61.5 Å². The molecule has 5 aromatic heterocycles. The molecule has 0 radical (unpaired) electrons. The van der Waals surface area contributed by atoms with Gasteiger partial charge in [-0.2, -0.15) is 5.10 Å². The first-order valence-corrected chi connectivity index (χ1v) is 13.1. The number of rotatable bonds is 7. The summed E-state index contributed by atoms with van der Waals surface area (Å²) in [6.45, 7) is 10.7. The summed E-state index contributed by atoms with van der Waals surface area (Å²) in [5.41, 5.74) is 8.65. The molecule has 5 aromatic rings. The zero-order valence-corrected chi connectivity index (χ0v) is 21.4. The van der Waals surface area contributed by atoms with Crippen LogP contribution in [-0.2, 0) is 0 Å². The molecule has 1 unspecified atom stereocenters. The van der Waals surface area contributed by atoms with Crippen molar-refractivity contribution in [3.05, 3.63) is 61.5 Å². The Kier molecular flexibility index (Phi) is 6.08. The maximum atomic E-state index is 4.64. The van der Waals surface area contributed by atoms with E-state index in [1.807, 2.05) is 31.0 Å². The minimum atomic E-state index is 0.386. The highest BCUT2D eigenvalue weighted by molar-refractivity contribution is 5.99. The second-order valence-electron chi connectivity index (χ2n) is 9.97. The van der Waals surface area contributed by atoms with Crippen molar-refractivity contribution in [2.24, 2.45) is 5.92 Å². The summed E-state index contributed by atoms with van der Waals surface area (Å²) >= 11 is 0. The van der Waals surface area contributed by atoms with Crippen molar-refractivity contribution in [3.8, 4) is 22.5 Å². The van der Waals surface area contributed by atoms with E-state index in [2.05, 4.69) is 79.0 Å². The number of H-pyrrole nitrogens is 2. The highest BCUT2D eigenvalue weighted by atomic mass is 15.2. The van der Waals surface area contributed by atoms with Crippen molar-refractivity contribution in [3.63, 3.8) is 0 Å². The van der Waals surface area contributed by atoms with Crippen molar-refractivity contribution in [2.45, 2.75) is 39.5 Å². The Labute approximate surface area is 216 Å². The third-order valence-electron chi connectivity index (χ3n) is 7.48. The van der Waals surface area contributed by atoms with Crippen LogP contribution in [0.1, 0.15) is 39.5 Å². The summed E-state index contributed by atoms with van der Waals surface area (Å²) < 4.78 is 0. The molecule has 1 fully saturated rings. The molecule has 0 spiro atoms. The summed E-state index contributed by atoms with van der Waals surface area (Å²) in [6.07, 6.45) is 14.2. The fourth-order valence-electron chi connectivity index (χ4n) is 5.04. The number of aromatic amines is 2. The molecule has 0 aromatic carbocycles. The zero-order chi connectivity index (χ0) is 25.4. The Hall–Kier alpha value is -4.20. The molecule has 3 N–H and O–H groups in total. The van der Waals surface area contributed by atoms with E-state index in [-0.39, 0.29) is 0 Å². The molecular formula is C29H32N8. The maximum absolute atomic E-state index is 4.64. The average molecular weight is 493 g/mol. The number of aromatic nitrogens is 6. The van der Waals surface area contributed by atoms with E-state index >= 15 is 0 Å². The van der Waals surface area contributed by atoms with Gasteiger partial charge in [-0.3, -0.25) is 15.1 Å². The topological polar surface area (TPSA) is 98.4 Å². The molecule has 1 saturated heterocycles. The first kappa shape index (κ1) is 23.2. The predicted octanol–water partition coefficient (Wildman–Crippen LogP) is 6.53. The molecule has 37 heavy (non-hydrogen) atoms. The van der Waals surface area contributed by atoms with Crippen LogP contribution in [0.2, 0.25) is 0 Å². The highest BCUT2D eigenvalue weighted by Crippen LogP contribution is 2.34. The molecule has 8 nitrogen and oxygen atoms in total. The third kappa shape index (κ3) is 4.43. The van der Waals surface area contributed by atoms with E-state index in [4.69, 9.17) is 0 Å². The fourth-order valence-corrected chi connectivity index (χ4v) is 5.04. The van der Waals surface area contributed by atoms with E-state index in [9.17, 15) is 0 Å². The van der Waals surface area contributed by atoms with Crippen molar-refractivity contribution >= 4 is 33.3 Å². The van der Waals surface area contributed by atoms with Gasteiger partial charge in [-0.15, -0.1) is 0 Å². The van der Waals surface area contributed by atoms with E-state index in [0.29, 0.717) is 11.6 Å². The van der Waals surface area contributed by atoms with Crippen LogP contribution >= 0.6 is 0 Å². The largest absolute Gasteiger partial charge is 0.370 e. The van der Waals surface area contributed by atoms with Crippen LogP contribution in [0.3, 0.4) is 0 Å². The third-order valence-corrected chi connectivity index (χ3v) is 7.48. The Bertz CT molecular complexity index is 1570. The lowest BCUT2D eigenvalue weighted by Gasteiger charge is -2.28. The Balaban J connectivity index is 1.36. The summed E-state index contributed by atoms with van der Waals surface area (Å²) in [4.78, 5) is 19.6. The predicted molar refractivity (Wildman–Crippen MR) is 150 cm³/mol. The number of allylic oxidation sites excluding steroid dienone is 1. The molecule has 8 heteroatoms. The molecule has 1 aliphatic heterocycles. The summed E-state index contributed by atoms with van der Waals surface area (Å²) in [6, 6.07) is 6.41. The van der Waals surface area contributed by atoms with Gasteiger partial charge in [0.25, 0.3) is 0 Å². The van der Waals surface area contributed by atoms with Crippen LogP contribution in [0.4, 0.5) is 11.4 Å². The molecule has 1 aliphatic rings. The van der Waals surface area contributed by atoms with Gasteiger partial charge in [0.1, 0.15) is 0 Å². The van der Waals surface area contributed by atoms with Crippen LogP contribution < -0.4 is 10.2 Å². The normalized spacial score (nSPS) is 14.8. The lowest BCUT2D eigenvalue weighted by Crippen LogP contribution is -2.29. The zero-order valence-electron chi connectivity index (χ0n) is 21.4. The molecule has 6 rings (SSSR count). The van der Waals surface area contributed by atoms with Crippen LogP contribution in [0.5, 0.6) is 0 Å². The van der Waals surface area contributed by atoms with Gasteiger partial charge < -0.3 is 15.2 Å². The van der Waals surface area contributed by atoms with Gasteiger partial charge in [-0.05, 0) is 49.8 Å². The van der Waals surface area contributed by atoms with Crippen LogP contribution in [0.25, 0.3) is 44.5 Å². The van der Waals surface area contributed by atoms with Gasteiger partial charge in [-0.25, -0.2) is 4.98 Å². The second-order valence-corrected chi connectivity index (χ2v) is 9.97. The van der Waals surface area contributed by atoms with Crippen LogP contribution in [0, 0.1) is 5.92 Å². The Morgan fingerprint density at radius 3 is 2.65 bits per heavy atom. The van der Waals surface area contributed by atoms with Crippen molar-refractivity contribution in [1.82, 2.24) is 30.1 Å². The smallest absolute Gasteiger partial charge is 0.181 e. The SMILES string of the molecule is C=C(Nc1cncc(-c2cnc3n[nH]c(-c4cc5c(N6CCCCC6)cncc5[nH]4)c3c2)c1)C(C)CC. The first-order chi connectivity index (χ1) is 18.1. The highest BCUT2D eigenvalue weighted by Gasteiger charge is 2.18. The van der Waals surface area contributed by atoms with E-state index in [1.54, 1.807) is 0 Å². The number of piperidine rings is 1. The average Bonchev–Trinajstić information content (AvgIpc) is 3.56. The van der Waals surface area contributed by atoms with E-state index < -0.39 is 0 Å². The van der Waals surface area contributed by atoms with Gasteiger partial charge in [-0.1, -0.05) is 20.4 Å². The molecule has 0 saturated carbocycles. The summed E-state index contributed by atoms with van der Waals surface area (Å²) in [5, 5.41) is 13.2. The van der Waals surface area contributed by atoms with E-state index in [1.165, 1.54) is 30.3 Å². The molecule has 0 aliphatic carbocycles. The van der Waals surface area contributed by atoms with Gasteiger partial charge in [0.05, 0.1) is 46.9 Å². The number of hydrogen-bond donors (Lipinski definition) is 3. The molecule has 188 valence electrons. The summed E-state index contributed by atoms with van der Waals surface area (Å²) in [7, 11) is 0. The molecular weight excluding hydrogens is 460 g/mol. The van der Waals surface area contributed by atoms with Crippen LogP contribution in [-0.4, -0.2) is 43.2 Å². The van der Waals surface area contributed by atoms with Gasteiger partial charge in [0.2, 0.25) is 0 Å². The summed E-state index contributed by atoms with van der Waals surface area (Å²) in [5.74, 6) is 0.386. The van der Waals surface area contributed by atoms with Gasteiger partial charge in [0, 0.05) is 53.1 Å².